The van der Waals surface area contributed by atoms with Crippen LogP contribution in [0.2, 0.25) is 0 Å². The molecule has 1 N–H and O–H groups in total. The number of nitrogens with one attached hydrogen (secondary N) is 1. The molecule has 1 heteroatoms. The third-order valence-corrected chi connectivity index (χ3v) is 3.09. The maximum Gasteiger partial charge on any atom is 0.0376 e. The fourth-order valence-electron chi connectivity index (χ4n) is 2.52. The summed E-state index contributed by atoms with van der Waals surface area (Å²) >= 11 is 0. The summed E-state index contributed by atoms with van der Waals surface area (Å²) in [5.41, 5.74) is 6.29. The molecule has 1 aromatic carbocycles. The van der Waals surface area contributed by atoms with Gasteiger partial charge in [-0.2, -0.15) is 0 Å². The molecule has 62 valence electrons. The van der Waals surface area contributed by atoms with Gasteiger partial charge >= 0.3 is 0 Å². The smallest absolute Gasteiger partial charge is 0.0376 e. The molecule has 1 aromatic rings. The Balaban J connectivity index is 2.24. The molecule has 2 aliphatic rings. The summed E-state index contributed by atoms with van der Waals surface area (Å²) in [6.07, 6.45) is 5.24. The van der Waals surface area contributed by atoms with Crippen LogP contribution in [0.5, 0.6) is 0 Å². The molecule has 0 bridgehead atoms. The summed E-state index contributed by atoms with van der Waals surface area (Å²) in [5.74, 6) is 0. The van der Waals surface area contributed by atoms with Crippen molar-refractivity contribution < 1.29 is 0 Å². The number of hydrogen-bond donors (Lipinski definition) is 1. The zero-order chi connectivity index (χ0) is 7.97. The predicted octanol–water partition coefficient (Wildman–Crippen LogP) is 2.14. The monoisotopic (exact) mass is 159 g/mol. The van der Waals surface area contributed by atoms with Crippen LogP contribution in [0.1, 0.15) is 23.1 Å². The minimum absolute atomic E-state index is 1.14. The molecule has 0 atom stereocenters. The van der Waals surface area contributed by atoms with Gasteiger partial charge in [-0.05, 0) is 48.4 Å². The zero-order valence-corrected chi connectivity index (χ0v) is 7.19. The molecule has 0 fully saturated rings. The van der Waals surface area contributed by atoms with Crippen LogP contribution >= 0.6 is 0 Å². The van der Waals surface area contributed by atoms with Crippen LogP contribution in [0.15, 0.2) is 12.1 Å². The molecule has 1 aliphatic heterocycles. The molecule has 12 heavy (non-hydrogen) atoms. The SMILES string of the molecule is c1cc2c(c3c1CCC3)CCN2. The number of hydrogen-bond acceptors (Lipinski definition) is 1. The van der Waals surface area contributed by atoms with Crippen molar-refractivity contribution in [2.24, 2.45) is 0 Å². The van der Waals surface area contributed by atoms with Gasteiger partial charge in [0.25, 0.3) is 0 Å². The first-order valence-corrected chi connectivity index (χ1v) is 4.82. The Morgan fingerprint density at radius 1 is 1.00 bits per heavy atom. The highest BCUT2D eigenvalue weighted by Crippen LogP contribution is 2.33. The van der Waals surface area contributed by atoms with E-state index in [2.05, 4.69) is 17.4 Å². The average Bonchev–Trinajstić information content (AvgIpc) is 2.71. The Bertz CT molecular complexity index is 295. The van der Waals surface area contributed by atoms with Gasteiger partial charge in [-0.15, -0.1) is 0 Å². The van der Waals surface area contributed by atoms with Crippen molar-refractivity contribution in [2.45, 2.75) is 25.7 Å². The molecule has 3 rings (SSSR count). The van der Waals surface area contributed by atoms with E-state index >= 15 is 0 Å². The van der Waals surface area contributed by atoms with Crippen molar-refractivity contribution in [3.05, 3.63) is 28.8 Å². The number of fused-ring (bicyclic) bond motifs is 3. The van der Waals surface area contributed by atoms with Gasteiger partial charge in [-0.3, -0.25) is 0 Å². The Hall–Kier alpha value is -0.980. The lowest BCUT2D eigenvalue weighted by molar-refractivity contribution is 0.906. The van der Waals surface area contributed by atoms with E-state index in [1.807, 2.05) is 0 Å². The highest BCUT2D eigenvalue weighted by atomic mass is 14.9. The van der Waals surface area contributed by atoms with Crippen LogP contribution in [0.4, 0.5) is 5.69 Å². The minimum atomic E-state index is 1.14. The van der Waals surface area contributed by atoms with Crippen molar-refractivity contribution in [3.8, 4) is 0 Å². The van der Waals surface area contributed by atoms with Crippen LogP contribution in [-0.2, 0) is 19.3 Å². The van der Waals surface area contributed by atoms with Crippen molar-refractivity contribution >= 4 is 5.69 Å². The van der Waals surface area contributed by atoms with Gasteiger partial charge in [-0.1, -0.05) is 6.07 Å². The minimum Gasteiger partial charge on any atom is -0.384 e. The summed E-state index contributed by atoms with van der Waals surface area (Å²) < 4.78 is 0. The van der Waals surface area contributed by atoms with Crippen LogP contribution in [-0.4, -0.2) is 6.54 Å². The van der Waals surface area contributed by atoms with E-state index in [0.29, 0.717) is 0 Å². The fraction of sp³-hybridized carbons (Fsp3) is 0.455. The van der Waals surface area contributed by atoms with E-state index in [9.17, 15) is 0 Å². The first-order valence-electron chi connectivity index (χ1n) is 4.82. The summed E-state index contributed by atoms with van der Waals surface area (Å²) in [5, 5.41) is 3.43. The lowest BCUT2D eigenvalue weighted by Gasteiger charge is -2.05. The van der Waals surface area contributed by atoms with Gasteiger partial charge in [0.15, 0.2) is 0 Å². The highest BCUT2D eigenvalue weighted by molar-refractivity contribution is 5.61. The van der Waals surface area contributed by atoms with Crippen molar-refractivity contribution in [3.63, 3.8) is 0 Å². The Morgan fingerprint density at radius 3 is 3.00 bits per heavy atom. The highest BCUT2D eigenvalue weighted by Gasteiger charge is 2.19. The predicted molar refractivity (Wildman–Crippen MR) is 50.7 cm³/mol. The van der Waals surface area contributed by atoms with Crippen LogP contribution in [0.3, 0.4) is 0 Å². The molecule has 0 saturated carbocycles. The normalized spacial score (nSPS) is 18.7. The van der Waals surface area contributed by atoms with E-state index in [-0.39, 0.29) is 0 Å². The number of anilines is 1. The van der Waals surface area contributed by atoms with Gasteiger partial charge in [0.1, 0.15) is 0 Å². The molecule has 1 heterocycles. The number of aryl methyl sites for hydroxylation is 1. The van der Waals surface area contributed by atoms with Gasteiger partial charge in [0, 0.05) is 12.2 Å². The lowest BCUT2D eigenvalue weighted by Crippen LogP contribution is -1.90. The molecule has 0 radical (unpaired) electrons. The van der Waals surface area contributed by atoms with Gasteiger partial charge in [0.2, 0.25) is 0 Å². The van der Waals surface area contributed by atoms with Gasteiger partial charge in [-0.25, -0.2) is 0 Å². The van der Waals surface area contributed by atoms with E-state index in [1.54, 1.807) is 16.7 Å². The van der Waals surface area contributed by atoms with Crippen molar-refractivity contribution in [1.82, 2.24) is 0 Å². The fourth-order valence-corrected chi connectivity index (χ4v) is 2.52. The molecular weight excluding hydrogens is 146 g/mol. The van der Waals surface area contributed by atoms with E-state index < -0.39 is 0 Å². The molecular formula is C11H13N. The molecule has 0 amide bonds. The molecule has 0 spiro atoms. The maximum atomic E-state index is 3.43. The van der Waals surface area contributed by atoms with Gasteiger partial charge < -0.3 is 5.32 Å². The average molecular weight is 159 g/mol. The van der Waals surface area contributed by atoms with E-state index in [4.69, 9.17) is 0 Å². The second-order valence-electron chi connectivity index (χ2n) is 3.76. The maximum absolute atomic E-state index is 3.43. The Labute approximate surface area is 72.8 Å². The van der Waals surface area contributed by atoms with Crippen LogP contribution in [0, 0.1) is 0 Å². The van der Waals surface area contributed by atoms with E-state index in [0.717, 1.165) is 6.54 Å². The van der Waals surface area contributed by atoms with Gasteiger partial charge in [0.05, 0.1) is 0 Å². The number of rotatable bonds is 0. The summed E-state index contributed by atoms with van der Waals surface area (Å²) in [6.45, 7) is 1.14. The second-order valence-corrected chi connectivity index (χ2v) is 3.76. The first-order chi connectivity index (χ1) is 5.95. The van der Waals surface area contributed by atoms with Crippen molar-refractivity contribution in [1.29, 1.82) is 0 Å². The molecule has 0 saturated heterocycles. The molecule has 0 unspecified atom stereocenters. The van der Waals surface area contributed by atoms with E-state index in [1.165, 1.54) is 31.4 Å². The zero-order valence-electron chi connectivity index (χ0n) is 7.19. The summed E-state index contributed by atoms with van der Waals surface area (Å²) in [7, 11) is 0. The molecule has 0 aromatic heterocycles. The number of benzene rings is 1. The Kier molecular flexibility index (Phi) is 1.23. The largest absolute Gasteiger partial charge is 0.384 e. The third kappa shape index (κ3) is 0.739. The third-order valence-electron chi connectivity index (χ3n) is 3.09. The topological polar surface area (TPSA) is 12.0 Å². The molecule has 1 aliphatic carbocycles. The first kappa shape index (κ1) is 6.53. The quantitative estimate of drug-likeness (QED) is 0.611. The lowest BCUT2D eigenvalue weighted by atomic mass is 10.0. The summed E-state index contributed by atoms with van der Waals surface area (Å²) in [4.78, 5) is 0. The summed E-state index contributed by atoms with van der Waals surface area (Å²) in [6, 6.07) is 4.56. The Morgan fingerprint density at radius 2 is 2.00 bits per heavy atom. The second kappa shape index (κ2) is 2.25. The molecule has 1 nitrogen and oxygen atoms in total. The van der Waals surface area contributed by atoms with Crippen LogP contribution < -0.4 is 5.32 Å². The van der Waals surface area contributed by atoms with Crippen molar-refractivity contribution in [2.75, 3.05) is 11.9 Å². The van der Waals surface area contributed by atoms with Crippen LogP contribution in [0.25, 0.3) is 0 Å². The standard InChI is InChI=1S/C11H13N/c1-2-8-4-5-11-10(6-7-12-11)9(8)3-1/h4-5,12H,1-3,6-7H2.